The molecule has 22 heavy (non-hydrogen) atoms. The number of unbranched alkanes of at least 4 members (excludes halogenated alkanes) is 1. The van der Waals surface area contributed by atoms with Crippen molar-refractivity contribution in [2.24, 2.45) is 0 Å². The number of nitrogens with zero attached hydrogens (tertiary/aromatic N) is 1. The number of amides is 1. The molecule has 0 atom stereocenters. The van der Waals surface area contributed by atoms with Gasteiger partial charge in [0.25, 0.3) is 0 Å². The van der Waals surface area contributed by atoms with Crippen molar-refractivity contribution in [2.45, 2.75) is 51.5 Å². The lowest BCUT2D eigenvalue weighted by Crippen LogP contribution is -2.44. The molecule has 0 radical (unpaired) electrons. The van der Waals surface area contributed by atoms with E-state index >= 15 is 0 Å². The average Bonchev–Trinajstić information content (AvgIpc) is 2.54. The van der Waals surface area contributed by atoms with Gasteiger partial charge in [-0.05, 0) is 49.9 Å². The molecule has 1 amide bonds. The van der Waals surface area contributed by atoms with Crippen molar-refractivity contribution in [3.8, 4) is 0 Å². The summed E-state index contributed by atoms with van der Waals surface area (Å²) in [6.45, 7) is 4.26. The molecule has 1 saturated heterocycles. The van der Waals surface area contributed by atoms with Gasteiger partial charge < -0.3 is 10.2 Å². The van der Waals surface area contributed by atoms with Crippen molar-refractivity contribution in [3.05, 3.63) is 35.4 Å². The van der Waals surface area contributed by atoms with E-state index < -0.39 is 0 Å². The highest BCUT2D eigenvalue weighted by atomic mass is 35.5. The number of rotatable bonds is 6. The van der Waals surface area contributed by atoms with Gasteiger partial charge in [-0.1, -0.05) is 37.6 Å². The first kappa shape index (κ1) is 19.0. The predicted molar refractivity (Wildman–Crippen MR) is 94.7 cm³/mol. The normalized spacial score (nSPS) is 15.2. The Labute approximate surface area is 140 Å². The van der Waals surface area contributed by atoms with E-state index in [4.69, 9.17) is 0 Å². The highest BCUT2D eigenvalue weighted by Gasteiger charge is 2.21. The zero-order valence-corrected chi connectivity index (χ0v) is 14.6. The molecule has 4 heteroatoms. The number of likely N-dealkylation sites (N-methyl/N-ethyl adjacent to an activating group) is 1. The second-order valence-corrected chi connectivity index (χ2v) is 6.08. The molecule has 1 N–H and O–H groups in total. The highest BCUT2D eigenvalue weighted by molar-refractivity contribution is 5.85. The fourth-order valence-corrected chi connectivity index (χ4v) is 2.90. The molecular weight excluding hydrogens is 296 g/mol. The van der Waals surface area contributed by atoms with E-state index in [1.54, 1.807) is 0 Å². The smallest absolute Gasteiger partial charge is 0.226 e. The van der Waals surface area contributed by atoms with Gasteiger partial charge in [-0.3, -0.25) is 4.79 Å². The van der Waals surface area contributed by atoms with Gasteiger partial charge in [-0.2, -0.15) is 0 Å². The number of piperidine rings is 1. The van der Waals surface area contributed by atoms with E-state index in [1.807, 2.05) is 11.9 Å². The third-order valence-corrected chi connectivity index (χ3v) is 4.45. The Hall–Kier alpha value is -1.06. The number of hydrogen-bond acceptors (Lipinski definition) is 2. The lowest BCUT2D eigenvalue weighted by atomic mass is 10.0. The monoisotopic (exact) mass is 324 g/mol. The molecule has 1 aliphatic heterocycles. The fourth-order valence-electron chi connectivity index (χ4n) is 2.90. The van der Waals surface area contributed by atoms with Gasteiger partial charge in [0.2, 0.25) is 5.91 Å². The number of nitrogens with one attached hydrogen (secondary N) is 1. The molecule has 2 rings (SSSR count). The molecule has 0 saturated carbocycles. The molecule has 0 aliphatic carbocycles. The number of halogens is 1. The second-order valence-electron chi connectivity index (χ2n) is 6.08. The number of aryl methyl sites for hydroxylation is 1. The van der Waals surface area contributed by atoms with E-state index in [0.717, 1.165) is 37.9 Å². The maximum absolute atomic E-state index is 12.4. The summed E-state index contributed by atoms with van der Waals surface area (Å²) in [6.07, 6.45) is 6.25. The lowest BCUT2D eigenvalue weighted by Gasteiger charge is -2.31. The summed E-state index contributed by atoms with van der Waals surface area (Å²) in [5, 5.41) is 3.34. The van der Waals surface area contributed by atoms with Crippen LogP contribution in [0.25, 0.3) is 0 Å². The lowest BCUT2D eigenvalue weighted by molar-refractivity contribution is -0.131. The van der Waals surface area contributed by atoms with E-state index in [0.29, 0.717) is 12.5 Å². The molecule has 1 heterocycles. The van der Waals surface area contributed by atoms with Crippen LogP contribution in [0.2, 0.25) is 0 Å². The summed E-state index contributed by atoms with van der Waals surface area (Å²) in [7, 11) is 1.95. The van der Waals surface area contributed by atoms with Crippen LogP contribution in [0.4, 0.5) is 0 Å². The van der Waals surface area contributed by atoms with Gasteiger partial charge in [0.05, 0.1) is 6.42 Å². The van der Waals surface area contributed by atoms with E-state index in [2.05, 4.69) is 36.5 Å². The maximum atomic E-state index is 12.4. The molecule has 0 aromatic heterocycles. The van der Waals surface area contributed by atoms with E-state index in [9.17, 15) is 4.79 Å². The predicted octanol–water partition coefficient (Wildman–Crippen LogP) is 3.20. The summed E-state index contributed by atoms with van der Waals surface area (Å²) < 4.78 is 0. The van der Waals surface area contributed by atoms with Gasteiger partial charge in [0, 0.05) is 13.1 Å². The largest absolute Gasteiger partial charge is 0.342 e. The SMILES string of the molecule is CCCCc1ccc(CC(=O)N(C)C2CCNCC2)cc1.Cl. The van der Waals surface area contributed by atoms with Crippen molar-refractivity contribution in [1.82, 2.24) is 10.2 Å². The summed E-state index contributed by atoms with van der Waals surface area (Å²) in [5.41, 5.74) is 2.50. The Kier molecular flexibility index (Phi) is 8.51. The minimum atomic E-state index is 0. The minimum Gasteiger partial charge on any atom is -0.342 e. The Morgan fingerprint density at radius 3 is 2.36 bits per heavy atom. The molecule has 1 fully saturated rings. The topological polar surface area (TPSA) is 32.3 Å². The molecule has 0 bridgehead atoms. The van der Waals surface area contributed by atoms with Crippen molar-refractivity contribution in [1.29, 1.82) is 0 Å². The summed E-state index contributed by atoms with van der Waals surface area (Å²) in [5.74, 6) is 0.239. The highest BCUT2D eigenvalue weighted by Crippen LogP contribution is 2.13. The molecule has 0 spiro atoms. The van der Waals surface area contributed by atoms with Crippen LogP contribution in [0.3, 0.4) is 0 Å². The molecular formula is C18H29ClN2O. The van der Waals surface area contributed by atoms with Crippen LogP contribution in [0.5, 0.6) is 0 Å². The maximum Gasteiger partial charge on any atom is 0.226 e. The van der Waals surface area contributed by atoms with Crippen LogP contribution in [-0.4, -0.2) is 37.0 Å². The van der Waals surface area contributed by atoms with E-state index in [1.165, 1.54) is 18.4 Å². The van der Waals surface area contributed by atoms with Crippen molar-refractivity contribution in [2.75, 3.05) is 20.1 Å². The average molecular weight is 325 g/mol. The third kappa shape index (κ3) is 5.62. The Morgan fingerprint density at radius 2 is 1.77 bits per heavy atom. The van der Waals surface area contributed by atoms with E-state index in [-0.39, 0.29) is 18.3 Å². The Bertz CT molecular complexity index is 441. The first-order valence-corrected chi connectivity index (χ1v) is 8.25. The Balaban J connectivity index is 0.00000242. The van der Waals surface area contributed by atoms with Gasteiger partial charge in [-0.25, -0.2) is 0 Å². The van der Waals surface area contributed by atoms with Gasteiger partial charge >= 0.3 is 0 Å². The number of carbonyl (C=O) groups is 1. The molecule has 0 unspecified atom stereocenters. The van der Waals surface area contributed by atoms with Crippen molar-refractivity contribution >= 4 is 18.3 Å². The first-order valence-electron chi connectivity index (χ1n) is 8.25. The standard InChI is InChI=1S/C18H28N2O.ClH/c1-3-4-5-15-6-8-16(9-7-15)14-18(21)20(2)17-10-12-19-13-11-17;/h6-9,17,19H,3-5,10-14H2,1-2H3;1H. The third-order valence-electron chi connectivity index (χ3n) is 4.45. The summed E-state index contributed by atoms with van der Waals surface area (Å²) >= 11 is 0. The number of carbonyl (C=O) groups excluding carboxylic acids is 1. The summed E-state index contributed by atoms with van der Waals surface area (Å²) in [4.78, 5) is 14.3. The van der Waals surface area contributed by atoms with Gasteiger partial charge in [0.1, 0.15) is 0 Å². The molecule has 124 valence electrons. The molecule has 1 aliphatic rings. The van der Waals surface area contributed by atoms with Crippen LogP contribution in [0.1, 0.15) is 43.7 Å². The quantitative estimate of drug-likeness (QED) is 0.871. The van der Waals surface area contributed by atoms with Crippen molar-refractivity contribution < 1.29 is 4.79 Å². The minimum absolute atomic E-state index is 0. The first-order chi connectivity index (χ1) is 10.2. The van der Waals surface area contributed by atoms with Crippen LogP contribution in [0.15, 0.2) is 24.3 Å². The molecule has 1 aromatic carbocycles. The second kappa shape index (κ2) is 9.86. The number of benzene rings is 1. The zero-order valence-electron chi connectivity index (χ0n) is 13.8. The van der Waals surface area contributed by atoms with Crippen LogP contribution < -0.4 is 5.32 Å². The fraction of sp³-hybridized carbons (Fsp3) is 0.611. The van der Waals surface area contributed by atoms with Crippen LogP contribution in [0, 0.1) is 0 Å². The summed E-state index contributed by atoms with van der Waals surface area (Å²) in [6, 6.07) is 8.96. The van der Waals surface area contributed by atoms with Crippen molar-refractivity contribution in [3.63, 3.8) is 0 Å². The number of hydrogen-bond donors (Lipinski definition) is 1. The Morgan fingerprint density at radius 1 is 1.18 bits per heavy atom. The molecule has 3 nitrogen and oxygen atoms in total. The van der Waals surface area contributed by atoms with Crippen LogP contribution in [-0.2, 0) is 17.6 Å². The van der Waals surface area contributed by atoms with Crippen LogP contribution >= 0.6 is 12.4 Å². The molecule has 1 aromatic rings. The van der Waals surface area contributed by atoms with Gasteiger partial charge in [0.15, 0.2) is 0 Å². The van der Waals surface area contributed by atoms with Gasteiger partial charge in [-0.15, -0.1) is 12.4 Å². The zero-order chi connectivity index (χ0) is 15.1.